The number of rotatable bonds is 4. The molecular weight excluding hydrogens is 390 g/mol. The first-order valence-corrected chi connectivity index (χ1v) is 9.90. The number of benzene rings is 2. The third-order valence-corrected chi connectivity index (χ3v) is 5.21. The molecule has 1 aliphatic heterocycles. The summed E-state index contributed by atoms with van der Waals surface area (Å²) in [5.41, 5.74) is 1.64. The van der Waals surface area contributed by atoms with E-state index >= 15 is 0 Å². The van der Waals surface area contributed by atoms with Crippen molar-refractivity contribution >= 4 is 35.0 Å². The molecule has 3 rings (SSSR count). The fourth-order valence-electron chi connectivity index (χ4n) is 3.38. The molecule has 29 heavy (non-hydrogen) atoms. The van der Waals surface area contributed by atoms with Crippen LogP contribution in [0.25, 0.3) is 0 Å². The van der Waals surface area contributed by atoms with Gasteiger partial charge in [-0.25, -0.2) is 0 Å². The van der Waals surface area contributed by atoms with Crippen molar-refractivity contribution in [3.63, 3.8) is 0 Å². The molecule has 0 aliphatic carbocycles. The number of carbonyl (C=O) groups excluding carboxylic acids is 3. The molecule has 1 saturated heterocycles. The molecule has 0 saturated carbocycles. The van der Waals surface area contributed by atoms with Crippen LogP contribution in [0.4, 0.5) is 5.69 Å². The summed E-state index contributed by atoms with van der Waals surface area (Å²) in [5, 5.41) is 3.46. The standard InChI is InChI=1S/C22H24ClN3O3/c1-25(2)21(28)16-5-3-7-19(13-16)24-20(27)17-6-4-12-26(14-17)22(29)15-8-10-18(23)11-9-15/h3,5,7-11,13,17H,4,6,12,14H2,1-2H3,(H,24,27). The van der Waals surface area contributed by atoms with Gasteiger partial charge in [0.05, 0.1) is 5.92 Å². The van der Waals surface area contributed by atoms with E-state index in [1.165, 1.54) is 4.90 Å². The smallest absolute Gasteiger partial charge is 0.253 e. The van der Waals surface area contributed by atoms with Crippen LogP contribution in [0.15, 0.2) is 48.5 Å². The zero-order valence-corrected chi connectivity index (χ0v) is 17.3. The van der Waals surface area contributed by atoms with Crippen LogP contribution in [0.1, 0.15) is 33.6 Å². The number of hydrogen-bond donors (Lipinski definition) is 1. The average Bonchev–Trinajstić information content (AvgIpc) is 2.73. The second kappa shape index (κ2) is 9.09. The van der Waals surface area contributed by atoms with Gasteiger partial charge < -0.3 is 15.1 Å². The van der Waals surface area contributed by atoms with E-state index in [4.69, 9.17) is 11.6 Å². The molecule has 2 aromatic rings. The number of anilines is 1. The van der Waals surface area contributed by atoms with Crippen molar-refractivity contribution in [2.24, 2.45) is 5.92 Å². The Hall–Kier alpha value is -2.86. The fraction of sp³-hybridized carbons (Fsp3) is 0.318. The lowest BCUT2D eigenvalue weighted by Crippen LogP contribution is -2.43. The zero-order valence-electron chi connectivity index (χ0n) is 16.5. The molecule has 0 aromatic heterocycles. The van der Waals surface area contributed by atoms with Crippen molar-refractivity contribution in [1.29, 1.82) is 0 Å². The summed E-state index contributed by atoms with van der Waals surface area (Å²) in [5.74, 6) is -0.669. The number of piperidine rings is 1. The van der Waals surface area contributed by atoms with Gasteiger partial charge in [-0.3, -0.25) is 14.4 Å². The number of likely N-dealkylation sites (tertiary alicyclic amines) is 1. The molecule has 1 unspecified atom stereocenters. The second-order valence-corrected chi connectivity index (χ2v) is 7.80. The molecule has 0 radical (unpaired) electrons. The molecular formula is C22H24ClN3O3. The number of hydrogen-bond acceptors (Lipinski definition) is 3. The van der Waals surface area contributed by atoms with Gasteiger partial charge in [-0.2, -0.15) is 0 Å². The van der Waals surface area contributed by atoms with E-state index in [2.05, 4.69) is 5.32 Å². The average molecular weight is 414 g/mol. The molecule has 152 valence electrons. The van der Waals surface area contributed by atoms with Gasteiger partial charge in [0, 0.05) is 49.0 Å². The van der Waals surface area contributed by atoms with Crippen LogP contribution in [0.5, 0.6) is 0 Å². The summed E-state index contributed by atoms with van der Waals surface area (Å²) in [7, 11) is 3.36. The lowest BCUT2D eigenvalue weighted by Gasteiger charge is -2.32. The topological polar surface area (TPSA) is 69.7 Å². The molecule has 0 bridgehead atoms. The van der Waals surface area contributed by atoms with Gasteiger partial charge in [0.1, 0.15) is 0 Å². The minimum absolute atomic E-state index is 0.0993. The van der Waals surface area contributed by atoms with Gasteiger partial charge in [-0.15, -0.1) is 0 Å². The molecule has 7 heteroatoms. The number of halogens is 1. The van der Waals surface area contributed by atoms with Crippen LogP contribution in [-0.4, -0.2) is 54.7 Å². The Kier molecular flexibility index (Phi) is 6.54. The lowest BCUT2D eigenvalue weighted by molar-refractivity contribution is -0.121. The molecule has 1 heterocycles. The van der Waals surface area contributed by atoms with Gasteiger partial charge in [0.2, 0.25) is 5.91 Å². The Bertz CT molecular complexity index is 912. The van der Waals surface area contributed by atoms with Gasteiger partial charge in [-0.1, -0.05) is 17.7 Å². The monoisotopic (exact) mass is 413 g/mol. The van der Waals surface area contributed by atoms with Crippen molar-refractivity contribution in [3.05, 3.63) is 64.7 Å². The van der Waals surface area contributed by atoms with E-state index in [-0.39, 0.29) is 23.6 Å². The van der Waals surface area contributed by atoms with E-state index in [9.17, 15) is 14.4 Å². The van der Waals surface area contributed by atoms with E-state index in [1.807, 2.05) is 0 Å². The van der Waals surface area contributed by atoms with Crippen LogP contribution in [-0.2, 0) is 4.79 Å². The second-order valence-electron chi connectivity index (χ2n) is 7.37. The largest absolute Gasteiger partial charge is 0.345 e. The summed E-state index contributed by atoms with van der Waals surface area (Å²) >= 11 is 5.89. The Balaban J connectivity index is 1.65. The van der Waals surface area contributed by atoms with E-state index in [1.54, 1.807) is 67.5 Å². The summed E-state index contributed by atoms with van der Waals surface area (Å²) < 4.78 is 0. The van der Waals surface area contributed by atoms with Crippen molar-refractivity contribution in [2.45, 2.75) is 12.8 Å². The molecule has 3 amide bonds. The van der Waals surface area contributed by atoms with Gasteiger partial charge in [-0.05, 0) is 55.3 Å². The van der Waals surface area contributed by atoms with Crippen LogP contribution in [0.3, 0.4) is 0 Å². The highest BCUT2D eigenvalue weighted by atomic mass is 35.5. The molecule has 1 N–H and O–H groups in total. The van der Waals surface area contributed by atoms with Gasteiger partial charge in [0.25, 0.3) is 11.8 Å². The van der Waals surface area contributed by atoms with Crippen molar-refractivity contribution in [1.82, 2.24) is 9.80 Å². The van der Waals surface area contributed by atoms with Gasteiger partial charge in [0.15, 0.2) is 0 Å². The van der Waals surface area contributed by atoms with Crippen LogP contribution in [0, 0.1) is 5.92 Å². The predicted octanol–water partition coefficient (Wildman–Crippen LogP) is 3.53. The Morgan fingerprint density at radius 2 is 1.79 bits per heavy atom. The highest BCUT2D eigenvalue weighted by Crippen LogP contribution is 2.22. The van der Waals surface area contributed by atoms with E-state index in [0.717, 1.165) is 6.42 Å². The molecule has 1 atom stereocenters. The Labute approximate surface area is 175 Å². The summed E-state index contributed by atoms with van der Waals surface area (Å²) in [6.45, 7) is 0.988. The molecule has 6 nitrogen and oxygen atoms in total. The first-order chi connectivity index (χ1) is 13.8. The first-order valence-electron chi connectivity index (χ1n) is 9.52. The molecule has 1 aliphatic rings. The Morgan fingerprint density at radius 3 is 2.48 bits per heavy atom. The maximum Gasteiger partial charge on any atom is 0.253 e. The molecule has 0 spiro atoms. The number of amides is 3. The quantitative estimate of drug-likeness (QED) is 0.833. The molecule has 1 fully saturated rings. The minimum atomic E-state index is -0.298. The summed E-state index contributed by atoms with van der Waals surface area (Å²) in [6, 6.07) is 13.6. The SMILES string of the molecule is CN(C)C(=O)c1cccc(NC(=O)C2CCCN(C(=O)c3ccc(Cl)cc3)C2)c1. The van der Waals surface area contributed by atoms with E-state index in [0.29, 0.717) is 41.3 Å². The first kappa shape index (κ1) is 20.9. The van der Waals surface area contributed by atoms with Crippen molar-refractivity contribution < 1.29 is 14.4 Å². The zero-order chi connectivity index (χ0) is 21.0. The van der Waals surface area contributed by atoms with Crippen LogP contribution < -0.4 is 5.32 Å². The summed E-state index contributed by atoms with van der Waals surface area (Å²) in [6.07, 6.45) is 1.48. The third kappa shape index (κ3) is 5.15. The normalized spacial score (nSPS) is 16.2. The van der Waals surface area contributed by atoms with E-state index < -0.39 is 0 Å². The van der Waals surface area contributed by atoms with Crippen LogP contribution >= 0.6 is 11.6 Å². The third-order valence-electron chi connectivity index (χ3n) is 4.95. The predicted molar refractivity (Wildman–Crippen MR) is 113 cm³/mol. The Morgan fingerprint density at radius 1 is 1.07 bits per heavy atom. The molecule has 2 aromatic carbocycles. The maximum atomic E-state index is 12.8. The summed E-state index contributed by atoms with van der Waals surface area (Å²) in [4.78, 5) is 40.8. The lowest BCUT2D eigenvalue weighted by atomic mass is 9.96. The number of nitrogens with zero attached hydrogens (tertiary/aromatic N) is 2. The van der Waals surface area contributed by atoms with Crippen molar-refractivity contribution in [3.8, 4) is 0 Å². The van der Waals surface area contributed by atoms with Crippen molar-refractivity contribution in [2.75, 3.05) is 32.5 Å². The highest BCUT2D eigenvalue weighted by molar-refractivity contribution is 6.30. The maximum absolute atomic E-state index is 12.8. The number of carbonyl (C=O) groups is 3. The van der Waals surface area contributed by atoms with Gasteiger partial charge >= 0.3 is 0 Å². The minimum Gasteiger partial charge on any atom is -0.345 e. The van der Waals surface area contributed by atoms with Crippen LogP contribution in [0.2, 0.25) is 5.02 Å². The number of nitrogens with one attached hydrogen (secondary N) is 1. The fourth-order valence-corrected chi connectivity index (χ4v) is 3.51. The highest BCUT2D eigenvalue weighted by Gasteiger charge is 2.29.